The van der Waals surface area contributed by atoms with Crippen molar-refractivity contribution in [1.82, 2.24) is 0 Å². The summed E-state index contributed by atoms with van der Waals surface area (Å²) in [5, 5.41) is 9.17. The molecule has 0 aromatic heterocycles. The van der Waals surface area contributed by atoms with Crippen molar-refractivity contribution in [2.45, 2.75) is 32.9 Å². The quantitative estimate of drug-likeness (QED) is 0.546. The lowest BCUT2D eigenvalue weighted by Gasteiger charge is -2.34. The van der Waals surface area contributed by atoms with Crippen LogP contribution in [0.3, 0.4) is 0 Å². The maximum Gasteiger partial charge on any atom is 0.362 e. The number of esters is 1. The molecular weight excluding hydrogens is 378 g/mol. The molecule has 2 aromatic carbocycles. The number of anilines is 1. The highest BCUT2D eigenvalue weighted by atomic mass is 16.5. The number of quaternary nitrogens is 1. The molecule has 6 nitrogen and oxygen atoms in total. The van der Waals surface area contributed by atoms with Gasteiger partial charge in [-0.3, -0.25) is 4.79 Å². The topological polar surface area (TPSA) is 70.4 Å². The summed E-state index contributed by atoms with van der Waals surface area (Å²) in [5.74, 6) is -0.312. The number of hydrogen-bond donors (Lipinski definition) is 0. The number of carbonyl (C=O) groups excluding carboxylic acids is 2. The molecule has 3 rings (SSSR count). The molecule has 156 valence electrons. The van der Waals surface area contributed by atoms with Gasteiger partial charge in [0, 0.05) is 18.7 Å². The average molecular weight is 407 g/mol. The van der Waals surface area contributed by atoms with Gasteiger partial charge in [0.15, 0.2) is 12.6 Å². The van der Waals surface area contributed by atoms with E-state index in [0.29, 0.717) is 18.5 Å². The summed E-state index contributed by atoms with van der Waals surface area (Å²) in [6.07, 6.45) is 0.663. The summed E-state index contributed by atoms with van der Waals surface area (Å²) in [4.78, 5) is 27.5. The molecule has 0 bridgehead atoms. The Morgan fingerprint density at radius 3 is 2.43 bits per heavy atom. The molecule has 2 aromatic rings. The van der Waals surface area contributed by atoms with E-state index in [1.807, 2.05) is 70.4 Å². The van der Waals surface area contributed by atoms with Crippen molar-refractivity contribution in [2.24, 2.45) is 0 Å². The van der Waals surface area contributed by atoms with E-state index in [4.69, 9.17) is 10.00 Å². The SMILES string of the molecule is Cc1cc(C#N)cc(C)c1N1CCC([N+](C)(C)CC(=O)OCc2ccccc2)C1=O. The molecule has 0 aliphatic carbocycles. The van der Waals surface area contributed by atoms with Gasteiger partial charge in [0.1, 0.15) is 6.61 Å². The molecule has 30 heavy (non-hydrogen) atoms. The monoisotopic (exact) mass is 406 g/mol. The summed E-state index contributed by atoms with van der Waals surface area (Å²) < 4.78 is 5.67. The number of ether oxygens (including phenoxy) is 1. The van der Waals surface area contributed by atoms with Gasteiger partial charge >= 0.3 is 5.97 Å². The van der Waals surface area contributed by atoms with Gasteiger partial charge in [-0.1, -0.05) is 30.3 Å². The first kappa shape index (κ1) is 21.5. The standard InChI is InChI=1S/C24H28N3O3/c1-17-12-20(14-25)13-18(2)23(17)26-11-10-21(24(26)29)27(3,4)15-22(28)30-16-19-8-6-5-7-9-19/h5-9,12-13,21H,10-11,15-16H2,1-4H3/q+1. The van der Waals surface area contributed by atoms with E-state index in [1.54, 1.807) is 4.90 Å². The maximum absolute atomic E-state index is 13.3. The van der Waals surface area contributed by atoms with Crippen molar-refractivity contribution < 1.29 is 18.8 Å². The van der Waals surface area contributed by atoms with Gasteiger partial charge in [-0.15, -0.1) is 0 Å². The normalized spacial score (nSPS) is 16.4. The Hall–Kier alpha value is -3.17. The highest BCUT2D eigenvalue weighted by Crippen LogP contribution is 2.32. The van der Waals surface area contributed by atoms with Crippen LogP contribution in [0.1, 0.15) is 28.7 Å². The van der Waals surface area contributed by atoms with E-state index in [-0.39, 0.29) is 35.6 Å². The molecule has 1 aliphatic heterocycles. The fourth-order valence-corrected chi connectivity index (χ4v) is 4.21. The Kier molecular flexibility index (Phi) is 6.23. The zero-order chi connectivity index (χ0) is 21.9. The summed E-state index contributed by atoms with van der Waals surface area (Å²) in [5.41, 5.74) is 4.22. The smallest absolute Gasteiger partial charge is 0.362 e. The first-order chi connectivity index (χ1) is 14.2. The van der Waals surface area contributed by atoms with Gasteiger partial charge in [-0.05, 0) is 42.7 Å². The van der Waals surface area contributed by atoms with E-state index in [2.05, 4.69) is 6.07 Å². The van der Waals surface area contributed by atoms with Crippen LogP contribution in [0.25, 0.3) is 0 Å². The molecule has 1 amide bonds. The lowest BCUT2D eigenvalue weighted by Crippen LogP contribution is -2.55. The fraction of sp³-hybridized carbons (Fsp3) is 0.375. The zero-order valence-corrected chi connectivity index (χ0v) is 18.0. The van der Waals surface area contributed by atoms with E-state index in [0.717, 1.165) is 22.4 Å². The largest absolute Gasteiger partial charge is 0.457 e. The molecule has 6 heteroatoms. The molecule has 1 atom stereocenters. The number of aryl methyl sites for hydroxylation is 2. The number of likely N-dealkylation sites (N-methyl/N-ethyl adjacent to an activating group) is 1. The van der Waals surface area contributed by atoms with Gasteiger partial charge < -0.3 is 14.1 Å². The van der Waals surface area contributed by atoms with Crippen LogP contribution in [0.2, 0.25) is 0 Å². The minimum Gasteiger partial charge on any atom is -0.457 e. The minimum atomic E-state index is -0.319. The molecule has 1 heterocycles. The molecule has 1 aliphatic rings. The van der Waals surface area contributed by atoms with Gasteiger partial charge in [0.25, 0.3) is 5.91 Å². The van der Waals surface area contributed by atoms with E-state index in [1.165, 1.54) is 0 Å². The second kappa shape index (κ2) is 8.68. The predicted molar refractivity (Wildman–Crippen MR) is 115 cm³/mol. The van der Waals surface area contributed by atoms with Crippen molar-refractivity contribution in [3.05, 3.63) is 64.7 Å². The number of hydrogen-bond acceptors (Lipinski definition) is 4. The number of carbonyl (C=O) groups is 2. The summed E-state index contributed by atoms with van der Waals surface area (Å²) in [7, 11) is 3.79. The van der Waals surface area contributed by atoms with Gasteiger partial charge in [0.2, 0.25) is 0 Å². The van der Waals surface area contributed by atoms with Crippen LogP contribution in [0.4, 0.5) is 5.69 Å². The molecule has 0 N–H and O–H groups in total. The van der Waals surface area contributed by atoms with Crippen molar-refractivity contribution in [2.75, 3.05) is 32.1 Å². The summed E-state index contributed by atoms with van der Waals surface area (Å²) in [6.45, 7) is 4.80. The number of nitrogens with zero attached hydrogens (tertiary/aromatic N) is 3. The predicted octanol–water partition coefficient (Wildman–Crippen LogP) is 3.10. The number of amides is 1. The van der Waals surface area contributed by atoms with E-state index >= 15 is 0 Å². The summed E-state index contributed by atoms with van der Waals surface area (Å²) in [6, 6.07) is 15.0. The third-order valence-corrected chi connectivity index (χ3v) is 5.69. The van der Waals surface area contributed by atoms with Crippen molar-refractivity contribution in [3.63, 3.8) is 0 Å². The van der Waals surface area contributed by atoms with Crippen LogP contribution in [0.5, 0.6) is 0 Å². The number of benzene rings is 2. The molecule has 0 radical (unpaired) electrons. The Bertz CT molecular complexity index is 969. The highest BCUT2D eigenvalue weighted by molar-refractivity contribution is 6.00. The molecular formula is C24H28N3O3+. The fourth-order valence-electron chi connectivity index (χ4n) is 4.21. The molecule has 1 fully saturated rings. The van der Waals surface area contributed by atoms with E-state index in [9.17, 15) is 9.59 Å². The second-order valence-corrected chi connectivity index (χ2v) is 8.45. The van der Waals surface area contributed by atoms with Crippen LogP contribution >= 0.6 is 0 Å². The van der Waals surface area contributed by atoms with Crippen LogP contribution < -0.4 is 4.90 Å². The third kappa shape index (κ3) is 4.52. The van der Waals surface area contributed by atoms with E-state index < -0.39 is 0 Å². The van der Waals surface area contributed by atoms with Crippen molar-refractivity contribution in [1.29, 1.82) is 5.26 Å². The Labute approximate surface area is 177 Å². The highest BCUT2D eigenvalue weighted by Gasteiger charge is 2.45. The molecule has 1 unspecified atom stereocenters. The van der Waals surface area contributed by atoms with Gasteiger partial charge in [0.05, 0.1) is 25.7 Å². The zero-order valence-electron chi connectivity index (χ0n) is 18.0. The second-order valence-electron chi connectivity index (χ2n) is 8.45. The van der Waals surface area contributed by atoms with Crippen LogP contribution in [-0.2, 0) is 20.9 Å². The summed E-state index contributed by atoms with van der Waals surface area (Å²) >= 11 is 0. The van der Waals surface area contributed by atoms with Gasteiger partial charge in [-0.25, -0.2) is 4.79 Å². The first-order valence-electron chi connectivity index (χ1n) is 10.1. The van der Waals surface area contributed by atoms with Crippen LogP contribution in [0, 0.1) is 25.2 Å². The lowest BCUT2D eigenvalue weighted by atomic mass is 10.0. The lowest BCUT2D eigenvalue weighted by molar-refractivity contribution is -0.898. The molecule has 0 spiro atoms. The molecule has 0 saturated carbocycles. The third-order valence-electron chi connectivity index (χ3n) is 5.69. The first-order valence-corrected chi connectivity index (χ1v) is 10.1. The van der Waals surface area contributed by atoms with Crippen molar-refractivity contribution in [3.8, 4) is 6.07 Å². The van der Waals surface area contributed by atoms with Gasteiger partial charge in [-0.2, -0.15) is 5.26 Å². The molecule has 1 saturated heterocycles. The Morgan fingerprint density at radius 2 is 1.83 bits per heavy atom. The maximum atomic E-state index is 13.3. The number of nitriles is 1. The van der Waals surface area contributed by atoms with Crippen LogP contribution in [-0.4, -0.2) is 49.6 Å². The van der Waals surface area contributed by atoms with Crippen molar-refractivity contribution >= 4 is 17.6 Å². The minimum absolute atomic E-state index is 0.00627. The Morgan fingerprint density at radius 1 is 1.20 bits per heavy atom. The Balaban J connectivity index is 1.68. The number of rotatable bonds is 6. The van der Waals surface area contributed by atoms with Crippen LogP contribution in [0.15, 0.2) is 42.5 Å². The average Bonchev–Trinajstić information content (AvgIpc) is 3.08.